The maximum atomic E-state index is 12.1. The standard InChI is InChI=1S/C14H20N2O3/c1-4-19-14(18)13-9(3)16(10-5-6-10)8(2)12(13)11(17)7-15/h10H,4-7,15H2,1-3H3. The predicted molar refractivity (Wildman–Crippen MR) is 71.5 cm³/mol. The third-order valence-electron chi connectivity index (χ3n) is 3.55. The number of ether oxygens (including phenoxy) is 1. The number of ketones is 1. The molecule has 0 aliphatic heterocycles. The maximum absolute atomic E-state index is 12.1. The fourth-order valence-corrected chi connectivity index (χ4v) is 2.63. The molecule has 1 aliphatic carbocycles. The number of esters is 1. The molecule has 1 saturated carbocycles. The summed E-state index contributed by atoms with van der Waals surface area (Å²) in [5.74, 6) is -0.637. The van der Waals surface area contributed by atoms with Crippen molar-refractivity contribution in [3.8, 4) is 0 Å². The molecule has 1 fully saturated rings. The van der Waals surface area contributed by atoms with Crippen molar-refractivity contribution < 1.29 is 14.3 Å². The van der Waals surface area contributed by atoms with E-state index < -0.39 is 5.97 Å². The van der Waals surface area contributed by atoms with E-state index in [1.807, 2.05) is 13.8 Å². The fourth-order valence-electron chi connectivity index (χ4n) is 2.63. The van der Waals surface area contributed by atoms with Gasteiger partial charge >= 0.3 is 5.97 Å². The van der Waals surface area contributed by atoms with Crippen molar-refractivity contribution in [1.82, 2.24) is 4.57 Å². The minimum absolute atomic E-state index is 0.0959. The van der Waals surface area contributed by atoms with Crippen LogP contribution in [0.25, 0.3) is 0 Å². The van der Waals surface area contributed by atoms with Gasteiger partial charge in [0, 0.05) is 17.4 Å². The largest absolute Gasteiger partial charge is 0.462 e. The summed E-state index contributed by atoms with van der Waals surface area (Å²) in [5.41, 5.74) is 7.93. The van der Waals surface area contributed by atoms with Gasteiger partial charge in [-0.3, -0.25) is 4.79 Å². The Kier molecular flexibility index (Phi) is 3.75. The molecule has 2 rings (SSSR count). The Morgan fingerprint density at radius 3 is 2.32 bits per heavy atom. The molecule has 0 saturated heterocycles. The first-order chi connectivity index (χ1) is 9.02. The second-order valence-corrected chi connectivity index (χ2v) is 4.87. The lowest BCUT2D eigenvalue weighted by Gasteiger charge is -2.07. The number of hydrogen-bond acceptors (Lipinski definition) is 4. The molecule has 2 N–H and O–H groups in total. The maximum Gasteiger partial charge on any atom is 0.340 e. The zero-order chi connectivity index (χ0) is 14.2. The number of carbonyl (C=O) groups is 2. The summed E-state index contributed by atoms with van der Waals surface area (Å²) in [4.78, 5) is 24.1. The molecule has 1 aromatic heterocycles. The van der Waals surface area contributed by atoms with Crippen molar-refractivity contribution in [3.05, 3.63) is 22.5 Å². The average molecular weight is 264 g/mol. The minimum Gasteiger partial charge on any atom is -0.462 e. The van der Waals surface area contributed by atoms with Crippen LogP contribution in [0.1, 0.15) is 57.9 Å². The van der Waals surface area contributed by atoms with Crippen molar-refractivity contribution in [1.29, 1.82) is 0 Å². The van der Waals surface area contributed by atoms with Crippen molar-refractivity contribution in [3.63, 3.8) is 0 Å². The molecular weight excluding hydrogens is 244 g/mol. The first-order valence-electron chi connectivity index (χ1n) is 6.64. The number of nitrogens with two attached hydrogens (primary N) is 1. The first kappa shape index (κ1) is 13.8. The van der Waals surface area contributed by atoms with Gasteiger partial charge in [-0.15, -0.1) is 0 Å². The molecule has 0 bridgehead atoms. The molecule has 1 aromatic rings. The van der Waals surface area contributed by atoms with Gasteiger partial charge in [0.15, 0.2) is 5.78 Å². The predicted octanol–water partition coefficient (Wildman–Crippen LogP) is 1.76. The highest BCUT2D eigenvalue weighted by Crippen LogP contribution is 2.40. The quantitative estimate of drug-likeness (QED) is 0.649. The molecule has 0 amide bonds. The number of aromatic nitrogens is 1. The third kappa shape index (κ3) is 2.30. The average Bonchev–Trinajstić information content (AvgIpc) is 3.15. The third-order valence-corrected chi connectivity index (χ3v) is 3.55. The van der Waals surface area contributed by atoms with Gasteiger partial charge in [-0.25, -0.2) is 4.79 Å². The van der Waals surface area contributed by atoms with Crippen LogP contribution < -0.4 is 5.73 Å². The van der Waals surface area contributed by atoms with Gasteiger partial charge in [0.2, 0.25) is 0 Å². The van der Waals surface area contributed by atoms with Gasteiger partial charge < -0.3 is 15.0 Å². The van der Waals surface area contributed by atoms with Gasteiger partial charge in [0.05, 0.1) is 24.3 Å². The van der Waals surface area contributed by atoms with Crippen LogP contribution in [0.2, 0.25) is 0 Å². The van der Waals surface area contributed by atoms with Gasteiger partial charge in [0.1, 0.15) is 0 Å². The molecule has 104 valence electrons. The Morgan fingerprint density at radius 2 is 1.84 bits per heavy atom. The number of rotatable bonds is 5. The fraction of sp³-hybridized carbons (Fsp3) is 0.571. The number of hydrogen-bond donors (Lipinski definition) is 1. The summed E-state index contributed by atoms with van der Waals surface area (Å²) in [6.07, 6.45) is 2.18. The Labute approximate surface area is 112 Å². The Bertz CT molecular complexity index is 527. The zero-order valence-corrected chi connectivity index (χ0v) is 11.7. The van der Waals surface area contributed by atoms with Crippen LogP contribution in [-0.4, -0.2) is 29.5 Å². The van der Waals surface area contributed by atoms with Crippen molar-refractivity contribution in [2.45, 2.75) is 39.7 Å². The van der Waals surface area contributed by atoms with E-state index in [9.17, 15) is 9.59 Å². The van der Waals surface area contributed by atoms with Crippen LogP contribution in [0.4, 0.5) is 0 Å². The Morgan fingerprint density at radius 1 is 1.26 bits per heavy atom. The second-order valence-electron chi connectivity index (χ2n) is 4.87. The Hall–Kier alpha value is -1.62. The van der Waals surface area contributed by atoms with Crippen LogP contribution in [0.15, 0.2) is 0 Å². The SMILES string of the molecule is CCOC(=O)c1c(C(=O)CN)c(C)n(C2CC2)c1C. The van der Waals surface area contributed by atoms with E-state index in [4.69, 9.17) is 10.5 Å². The lowest BCUT2D eigenvalue weighted by atomic mass is 10.0. The topological polar surface area (TPSA) is 74.3 Å². The molecule has 1 aliphatic rings. The Balaban J connectivity index is 2.58. The van der Waals surface area contributed by atoms with E-state index in [-0.39, 0.29) is 12.3 Å². The number of carbonyl (C=O) groups excluding carboxylic acids is 2. The number of nitrogens with zero attached hydrogens (tertiary/aromatic N) is 1. The molecule has 19 heavy (non-hydrogen) atoms. The summed E-state index contributed by atoms with van der Waals surface area (Å²) in [6.45, 7) is 5.69. The summed E-state index contributed by atoms with van der Waals surface area (Å²) in [6, 6.07) is 0.410. The van der Waals surface area contributed by atoms with E-state index in [0.29, 0.717) is 23.8 Å². The van der Waals surface area contributed by atoms with Gasteiger partial charge in [-0.1, -0.05) is 0 Å². The smallest absolute Gasteiger partial charge is 0.340 e. The highest BCUT2D eigenvalue weighted by molar-refractivity contribution is 6.09. The highest BCUT2D eigenvalue weighted by atomic mass is 16.5. The summed E-state index contributed by atoms with van der Waals surface area (Å²) in [7, 11) is 0. The van der Waals surface area contributed by atoms with E-state index in [1.54, 1.807) is 6.92 Å². The molecule has 0 spiro atoms. The van der Waals surface area contributed by atoms with Crippen LogP contribution in [-0.2, 0) is 4.74 Å². The lowest BCUT2D eigenvalue weighted by molar-refractivity contribution is 0.0522. The zero-order valence-electron chi connectivity index (χ0n) is 11.7. The van der Waals surface area contributed by atoms with E-state index in [0.717, 1.165) is 24.2 Å². The van der Waals surface area contributed by atoms with Gasteiger partial charge in [-0.2, -0.15) is 0 Å². The molecule has 5 heteroatoms. The van der Waals surface area contributed by atoms with Gasteiger partial charge in [0.25, 0.3) is 0 Å². The van der Waals surface area contributed by atoms with Crippen LogP contribution in [0, 0.1) is 13.8 Å². The molecule has 0 atom stereocenters. The van der Waals surface area contributed by atoms with Crippen molar-refractivity contribution >= 4 is 11.8 Å². The van der Waals surface area contributed by atoms with Crippen LogP contribution in [0.3, 0.4) is 0 Å². The molecule has 0 unspecified atom stereocenters. The van der Waals surface area contributed by atoms with E-state index in [2.05, 4.69) is 4.57 Å². The highest BCUT2D eigenvalue weighted by Gasteiger charge is 2.33. The molecule has 5 nitrogen and oxygen atoms in total. The first-order valence-corrected chi connectivity index (χ1v) is 6.64. The van der Waals surface area contributed by atoms with Crippen LogP contribution in [0.5, 0.6) is 0 Å². The van der Waals surface area contributed by atoms with Crippen molar-refractivity contribution in [2.24, 2.45) is 5.73 Å². The summed E-state index contributed by atoms with van der Waals surface area (Å²) >= 11 is 0. The molecular formula is C14H20N2O3. The van der Waals surface area contributed by atoms with Crippen molar-refractivity contribution in [2.75, 3.05) is 13.2 Å². The minimum atomic E-state index is -0.431. The lowest BCUT2D eigenvalue weighted by Crippen LogP contribution is -2.18. The van der Waals surface area contributed by atoms with E-state index >= 15 is 0 Å². The number of Topliss-reactive ketones (excluding diaryl/α,β-unsaturated/α-hetero) is 1. The monoisotopic (exact) mass is 264 g/mol. The summed E-state index contributed by atoms with van der Waals surface area (Å²) < 4.78 is 7.15. The van der Waals surface area contributed by atoms with Gasteiger partial charge in [-0.05, 0) is 33.6 Å². The normalized spacial score (nSPS) is 14.5. The molecule has 1 heterocycles. The van der Waals surface area contributed by atoms with Crippen LogP contribution >= 0.6 is 0 Å². The molecule has 0 radical (unpaired) electrons. The second kappa shape index (κ2) is 5.17. The van der Waals surface area contributed by atoms with E-state index in [1.165, 1.54) is 0 Å². The summed E-state index contributed by atoms with van der Waals surface area (Å²) in [5, 5.41) is 0. The molecule has 0 aromatic carbocycles.